The molecule has 0 atom stereocenters. The molecule has 0 radical (unpaired) electrons. The molecule has 0 aliphatic carbocycles. The lowest BCUT2D eigenvalue weighted by molar-refractivity contribution is 0.102. The van der Waals surface area contributed by atoms with E-state index in [4.69, 9.17) is 0 Å². The van der Waals surface area contributed by atoms with Gasteiger partial charge in [-0.25, -0.2) is 13.9 Å². The van der Waals surface area contributed by atoms with Gasteiger partial charge in [-0.2, -0.15) is 5.10 Å². The van der Waals surface area contributed by atoms with Gasteiger partial charge in [0.1, 0.15) is 5.82 Å². The average Bonchev–Trinajstić information content (AvgIpc) is 2.87. The molecule has 0 aliphatic heterocycles. The number of carbonyl (C=O) groups excluding carboxylic acids is 1. The first-order valence-electron chi connectivity index (χ1n) is 6.01. The molecule has 3 aromatic rings. The Morgan fingerprint density at radius 3 is 3.00 bits per heavy atom. The summed E-state index contributed by atoms with van der Waals surface area (Å²) in [6.45, 7) is 1.79. The monoisotopic (exact) mass is 270 g/mol. The predicted octanol–water partition coefficient (Wildman–Crippen LogP) is 2.43. The van der Waals surface area contributed by atoms with Crippen LogP contribution in [0.4, 0.5) is 10.1 Å². The van der Waals surface area contributed by atoms with Crippen LogP contribution in [0, 0.1) is 12.7 Å². The summed E-state index contributed by atoms with van der Waals surface area (Å²) in [7, 11) is 0. The summed E-state index contributed by atoms with van der Waals surface area (Å²) < 4.78 is 14.7. The SMILES string of the molecule is Cc1ccc(F)cc1NC(=O)c1cc2ncccn2n1. The first-order valence-corrected chi connectivity index (χ1v) is 6.01. The number of amides is 1. The minimum absolute atomic E-state index is 0.229. The van der Waals surface area contributed by atoms with Crippen molar-refractivity contribution in [2.45, 2.75) is 6.92 Å². The lowest BCUT2D eigenvalue weighted by Crippen LogP contribution is -2.13. The van der Waals surface area contributed by atoms with Crippen LogP contribution in [-0.2, 0) is 0 Å². The minimum Gasteiger partial charge on any atom is -0.320 e. The van der Waals surface area contributed by atoms with E-state index in [0.717, 1.165) is 5.56 Å². The third-order valence-electron chi connectivity index (χ3n) is 2.92. The van der Waals surface area contributed by atoms with E-state index in [9.17, 15) is 9.18 Å². The van der Waals surface area contributed by atoms with Crippen molar-refractivity contribution in [1.82, 2.24) is 14.6 Å². The molecule has 6 heteroatoms. The number of fused-ring (bicyclic) bond motifs is 1. The van der Waals surface area contributed by atoms with E-state index < -0.39 is 11.7 Å². The molecule has 0 fully saturated rings. The summed E-state index contributed by atoms with van der Waals surface area (Å²) in [5.74, 6) is -0.799. The van der Waals surface area contributed by atoms with E-state index >= 15 is 0 Å². The van der Waals surface area contributed by atoms with Crippen molar-refractivity contribution >= 4 is 17.2 Å². The molecule has 1 amide bonds. The number of rotatable bonds is 2. The molecule has 5 nitrogen and oxygen atoms in total. The summed E-state index contributed by atoms with van der Waals surface area (Å²) in [6, 6.07) is 7.53. The first-order chi connectivity index (χ1) is 9.63. The predicted molar refractivity (Wildman–Crippen MR) is 72.1 cm³/mol. The summed E-state index contributed by atoms with van der Waals surface area (Å²) in [5, 5.41) is 6.76. The Kier molecular flexibility index (Phi) is 2.90. The number of halogens is 1. The molecule has 0 spiro atoms. The van der Waals surface area contributed by atoms with E-state index in [1.807, 2.05) is 0 Å². The molecular formula is C14H11FN4O. The number of carbonyl (C=O) groups is 1. The molecule has 2 heterocycles. The van der Waals surface area contributed by atoms with E-state index in [0.29, 0.717) is 11.3 Å². The van der Waals surface area contributed by atoms with Crippen LogP contribution in [0.5, 0.6) is 0 Å². The van der Waals surface area contributed by atoms with E-state index in [-0.39, 0.29) is 5.69 Å². The Bertz CT molecular complexity index is 764. The van der Waals surface area contributed by atoms with Crippen LogP contribution in [0.1, 0.15) is 16.1 Å². The van der Waals surface area contributed by atoms with Gasteiger partial charge in [0.15, 0.2) is 11.3 Å². The van der Waals surface area contributed by atoms with Gasteiger partial charge in [0.25, 0.3) is 5.91 Å². The fraction of sp³-hybridized carbons (Fsp3) is 0.0714. The van der Waals surface area contributed by atoms with Crippen molar-refractivity contribution in [1.29, 1.82) is 0 Å². The third-order valence-corrected chi connectivity index (χ3v) is 2.92. The number of nitrogens with one attached hydrogen (secondary N) is 1. The molecule has 3 rings (SSSR count). The second kappa shape index (κ2) is 4.73. The van der Waals surface area contributed by atoms with Crippen LogP contribution < -0.4 is 5.32 Å². The second-order valence-corrected chi connectivity index (χ2v) is 4.37. The van der Waals surface area contributed by atoms with Gasteiger partial charge in [0, 0.05) is 24.1 Å². The molecule has 1 aromatic carbocycles. The van der Waals surface area contributed by atoms with E-state index in [1.54, 1.807) is 37.5 Å². The molecule has 0 unspecified atom stereocenters. The zero-order valence-electron chi connectivity index (χ0n) is 10.7. The minimum atomic E-state index is -0.400. The zero-order chi connectivity index (χ0) is 14.1. The third kappa shape index (κ3) is 2.23. The molecule has 0 saturated carbocycles. The van der Waals surface area contributed by atoms with Gasteiger partial charge < -0.3 is 5.32 Å². The Labute approximate surface area is 114 Å². The maximum absolute atomic E-state index is 13.2. The highest BCUT2D eigenvalue weighted by Gasteiger charge is 2.12. The normalized spacial score (nSPS) is 10.7. The molecule has 2 aromatic heterocycles. The average molecular weight is 270 g/mol. The molecular weight excluding hydrogens is 259 g/mol. The Hall–Kier alpha value is -2.76. The van der Waals surface area contributed by atoms with Gasteiger partial charge in [-0.1, -0.05) is 6.07 Å². The Morgan fingerprint density at radius 1 is 1.35 bits per heavy atom. The largest absolute Gasteiger partial charge is 0.320 e. The number of benzene rings is 1. The summed E-state index contributed by atoms with van der Waals surface area (Å²) >= 11 is 0. The second-order valence-electron chi connectivity index (χ2n) is 4.37. The standard InChI is InChI=1S/C14H11FN4O/c1-9-3-4-10(15)7-11(9)17-14(20)12-8-13-16-5-2-6-19(13)18-12/h2-8H,1H3,(H,17,20). The van der Waals surface area contributed by atoms with Crippen molar-refractivity contribution in [2.24, 2.45) is 0 Å². The maximum Gasteiger partial charge on any atom is 0.276 e. The number of aryl methyl sites for hydroxylation is 1. The smallest absolute Gasteiger partial charge is 0.276 e. The lowest BCUT2D eigenvalue weighted by atomic mass is 10.2. The highest BCUT2D eigenvalue weighted by Crippen LogP contribution is 2.17. The molecule has 0 saturated heterocycles. The summed E-state index contributed by atoms with van der Waals surface area (Å²) in [5.41, 5.74) is 2.02. The highest BCUT2D eigenvalue weighted by molar-refractivity contribution is 6.03. The molecule has 1 N–H and O–H groups in total. The van der Waals surface area contributed by atoms with Crippen molar-refractivity contribution in [3.63, 3.8) is 0 Å². The van der Waals surface area contributed by atoms with Gasteiger partial charge in [0.05, 0.1) is 0 Å². The Morgan fingerprint density at radius 2 is 2.20 bits per heavy atom. The van der Waals surface area contributed by atoms with Gasteiger partial charge in [-0.05, 0) is 30.7 Å². The summed E-state index contributed by atoms with van der Waals surface area (Å²) in [6.07, 6.45) is 3.32. The number of hydrogen-bond donors (Lipinski definition) is 1. The zero-order valence-corrected chi connectivity index (χ0v) is 10.7. The molecule has 100 valence electrons. The number of anilines is 1. The first kappa shape index (κ1) is 12.3. The number of nitrogens with zero attached hydrogens (tertiary/aromatic N) is 3. The molecule has 0 bridgehead atoms. The van der Waals surface area contributed by atoms with Gasteiger partial charge >= 0.3 is 0 Å². The van der Waals surface area contributed by atoms with Crippen molar-refractivity contribution in [3.05, 3.63) is 59.8 Å². The van der Waals surface area contributed by atoms with Gasteiger partial charge in [0.2, 0.25) is 0 Å². The van der Waals surface area contributed by atoms with Crippen molar-refractivity contribution in [3.8, 4) is 0 Å². The summed E-state index contributed by atoms with van der Waals surface area (Å²) in [4.78, 5) is 16.2. The van der Waals surface area contributed by atoms with Crippen molar-refractivity contribution in [2.75, 3.05) is 5.32 Å². The highest BCUT2D eigenvalue weighted by atomic mass is 19.1. The van der Waals surface area contributed by atoms with Gasteiger partial charge in [-0.3, -0.25) is 4.79 Å². The lowest BCUT2D eigenvalue weighted by Gasteiger charge is -2.06. The van der Waals surface area contributed by atoms with E-state index in [1.165, 1.54) is 16.6 Å². The number of hydrogen-bond acceptors (Lipinski definition) is 3. The molecule has 20 heavy (non-hydrogen) atoms. The van der Waals surface area contributed by atoms with E-state index in [2.05, 4.69) is 15.4 Å². The molecule has 0 aliphatic rings. The fourth-order valence-electron chi connectivity index (χ4n) is 1.86. The Balaban J connectivity index is 1.90. The van der Waals surface area contributed by atoms with Gasteiger partial charge in [-0.15, -0.1) is 0 Å². The maximum atomic E-state index is 13.2. The fourth-order valence-corrected chi connectivity index (χ4v) is 1.86. The van der Waals surface area contributed by atoms with Crippen LogP contribution in [0.25, 0.3) is 5.65 Å². The quantitative estimate of drug-likeness (QED) is 0.778. The van der Waals surface area contributed by atoms with Crippen molar-refractivity contribution < 1.29 is 9.18 Å². The van der Waals surface area contributed by atoms with Crippen LogP contribution in [0.2, 0.25) is 0 Å². The van der Waals surface area contributed by atoms with Crippen LogP contribution >= 0.6 is 0 Å². The topological polar surface area (TPSA) is 59.3 Å². The number of aromatic nitrogens is 3. The van der Waals surface area contributed by atoms with Crippen LogP contribution in [0.3, 0.4) is 0 Å². The van der Waals surface area contributed by atoms with Crippen LogP contribution in [-0.4, -0.2) is 20.5 Å². The van der Waals surface area contributed by atoms with Crippen LogP contribution in [0.15, 0.2) is 42.7 Å².